The molecule has 28 heavy (non-hydrogen) atoms. The highest BCUT2D eigenvalue weighted by atomic mass is 35.5. The average molecular weight is 419 g/mol. The van der Waals surface area contributed by atoms with Crippen molar-refractivity contribution in [1.82, 2.24) is 0 Å². The van der Waals surface area contributed by atoms with Crippen molar-refractivity contribution in [2.24, 2.45) is 0 Å². The number of halogens is 2. The highest BCUT2D eigenvalue weighted by molar-refractivity contribution is 6.19. The first-order valence-electron chi connectivity index (χ1n) is 8.66. The molecule has 0 unspecified atom stereocenters. The summed E-state index contributed by atoms with van der Waals surface area (Å²) in [5, 5.41) is 5.44. The number of benzene rings is 2. The summed E-state index contributed by atoms with van der Waals surface area (Å²) in [6.45, 7) is 0. The summed E-state index contributed by atoms with van der Waals surface area (Å²) in [6.07, 6.45) is 3.47. The van der Waals surface area contributed by atoms with E-state index >= 15 is 0 Å². The Morgan fingerprint density at radius 1 is 0.857 bits per heavy atom. The van der Waals surface area contributed by atoms with Crippen LogP contribution in [0.4, 0.5) is 11.4 Å². The molecule has 0 aliphatic carbocycles. The van der Waals surface area contributed by atoms with Crippen LogP contribution in [0.15, 0.2) is 54.6 Å². The quantitative estimate of drug-likeness (QED) is 0.351. The Labute approximate surface area is 173 Å². The smallest absolute Gasteiger partial charge is 0.225 e. The summed E-state index contributed by atoms with van der Waals surface area (Å²) in [5.74, 6) is -0.216. The minimum absolute atomic E-state index is 0.169. The fourth-order valence-electron chi connectivity index (χ4n) is 2.40. The number of allylic oxidation sites excluding steroid dienone is 1. The first kappa shape index (κ1) is 21.7. The van der Waals surface area contributed by atoms with Gasteiger partial charge in [0.25, 0.3) is 0 Å². The molecule has 0 fully saturated rings. The molecule has 2 aromatic rings. The molecule has 146 valence electrons. The van der Waals surface area contributed by atoms with Crippen LogP contribution in [-0.4, -0.2) is 29.4 Å². The maximum atomic E-state index is 12.6. The predicted molar refractivity (Wildman–Crippen MR) is 114 cm³/mol. The lowest BCUT2D eigenvalue weighted by Crippen LogP contribution is -2.14. The summed E-state index contributed by atoms with van der Waals surface area (Å²) in [4.78, 5) is 36.0. The maximum Gasteiger partial charge on any atom is 0.225 e. The van der Waals surface area contributed by atoms with Crippen LogP contribution >= 0.6 is 23.2 Å². The van der Waals surface area contributed by atoms with Crippen LogP contribution in [0, 0.1) is 0 Å². The Kier molecular flexibility index (Phi) is 8.72. The molecule has 2 rings (SSSR count). The van der Waals surface area contributed by atoms with Crippen molar-refractivity contribution >= 4 is 58.3 Å². The van der Waals surface area contributed by atoms with E-state index < -0.39 is 0 Å². The number of nitrogens with one attached hydrogen (secondary N) is 2. The molecule has 2 N–H and O–H groups in total. The number of hydrogen-bond acceptors (Lipinski definition) is 3. The van der Waals surface area contributed by atoms with Gasteiger partial charge in [0.05, 0.1) is 5.69 Å². The second-order valence-corrected chi connectivity index (χ2v) is 6.60. The Balaban J connectivity index is 2.12. The van der Waals surface area contributed by atoms with E-state index in [1.165, 1.54) is 6.08 Å². The van der Waals surface area contributed by atoms with E-state index in [0.29, 0.717) is 16.9 Å². The third-order valence-corrected chi connectivity index (χ3v) is 4.09. The van der Waals surface area contributed by atoms with Crippen LogP contribution in [0.25, 0.3) is 6.08 Å². The van der Waals surface area contributed by atoms with Gasteiger partial charge in [-0.15, -0.1) is 23.2 Å². The number of carbonyl (C=O) groups excluding carboxylic acids is 3. The third kappa shape index (κ3) is 6.83. The van der Waals surface area contributed by atoms with Gasteiger partial charge in [0.15, 0.2) is 5.78 Å². The largest absolute Gasteiger partial charge is 0.326 e. The molecule has 0 aromatic heterocycles. The first-order chi connectivity index (χ1) is 13.5. The lowest BCUT2D eigenvalue weighted by molar-refractivity contribution is -0.116. The van der Waals surface area contributed by atoms with Crippen LogP contribution in [-0.2, 0) is 9.59 Å². The summed E-state index contributed by atoms with van der Waals surface area (Å²) in [5.41, 5.74) is 2.20. The fourth-order valence-corrected chi connectivity index (χ4v) is 2.74. The van der Waals surface area contributed by atoms with Crippen molar-refractivity contribution in [2.45, 2.75) is 12.8 Å². The van der Waals surface area contributed by atoms with Crippen molar-refractivity contribution < 1.29 is 14.4 Å². The molecule has 7 heteroatoms. The number of carbonyl (C=O) groups is 3. The predicted octanol–water partition coefficient (Wildman–Crippen LogP) is 4.72. The number of amides is 2. The van der Waals surface area contributed by atoms with Gasteiger partial charge in [0.1, 0.15) is 0 Å². The van der Waals surface area contributed by atoms with Crippen molar-refractivity contribution in [1.29, 1.82) is 0 Å². The number of alkyl halides is 2. The SMILES string of the molecule is O=C(CCCl)Nc1cccc(C=CC(=O)c2ccccc2NC(=O)CCCl)c1. The first-order valence-corrected chi connectivity index (χ1v) is 9.73. The zero-order valence-electron chi connectivity index (χ0n) is 15.1. The number of para-hydroxylation sites is 1. The zero-order chi connectivity index (χ0) is 20.4. The molecule has 0 spiro atoms. The van der Waals surface area contributed by atoms with Gasteiger partial charge >= 0.3 is 0 Å². The van der Waals surface area contributed by atoms with E-state index in [1.54, 1.807) is 48.5 Å². The molecule has 2 aromatic carbocycles. The Morgan fingerprint density at radius 3 is 2.25 bits per heavy atom. The van der Waals surface area contributed by atoms with E-state index in [2.05, 4.69) is 10.6 Å². The van der Waals surface area contributed by atoms with Crippen molar-refractivity contribution in [2.75, 3.05) is 22.4 Å². The normalized spacial score (nSPS) is 10.6. The number of ketones is 1. The summed E-state index contributed by atoms with van der Waals surface area (Å²) in [7, 11) is 0. The van der Waals surface area contributed by atoms with Gasteiger partial charge < -0.3 is 10.6 Å². The van der Waals surface area contributed by atoms with Crippen molar-refractivity contribution in [3.05, 3.63) is 65.7 Å². The molecule has 0 atom stereocenters. The van der Waals surface area contributed by atoms with Crippen molar-refractivity contribution in [3.8, 4) is 0 Å². The second-order valence-electron chi connectivity index (χ2n) is 5.84. The molecule has 2 amide bonds. The Morgan fingerprint density at radius 2 is 1.54 bits per heavy atom. The molecular weight excluding hydrogens is 399 g/mol. The Bertz CT molecular complexity index is 881. The van der Waals surface area contributed by atoms with Gasteiger partial charge in [-0.3, -0.25) is 14.4 Å². The van der Waals surface area contributed by atoms with Crippen LogP contribution in [0.2, 0.25) is 0 Å². The van der Waals surface area contributed by atoms with E-state index in [-0.39, 0.29) is 42.2 Å². The standard InChI is InChI=1S/C21H20Cl2N2O3/c22-12-10-20(27)24-16-5-3-4-15(14-16)8-9-19(26)17-6-1-2-7-18(17)25-21(28)11-13-23/h1-9,14H,10-13H2,(H,24,27)(H,25,28). The minimum Gasteiger partial charge on any atom is -0.326 e. The summed E-state index contributed by atoms with van der Waals surface area (Å²) < 4.78 is 0. The van der Waals surface area contributed by atoms with E-state index in [9.17, 15) is 14.4 Å². The molecule has 0 aliphatic heterocycles. The van der Waals surface area contributed by atoms with Gasteiger partial charge in [-0.25, -0.2) is 0 Å². The molecule has 0 saturated carbocycles. The molecular formula is C21H20Cl2N2O3. The lowest BCUT2D eigenvalue weighted by atomic mass is 10.1. The molecule has 0 saturated heterocycles. The lowest BCUT2D eigenvalue weighted by Gasteiger charge is -2.08. The van der Waals surface area contributed by atoms with Crippen LogP contribution < -0.4 is 10.6 Å². The molecule has 5 nitrogen and oxygen atoms in total. The van der Waals surface area contributed by atoms with Crippen molar-refractivity contribution in [3.63, 3.8) is 0 Å². The second kappa shape index (κ2) is 11.3. The Hall–Kier alpha value is -2.63. The van der Waals surface area contributed by atoms with Gasteiger partial charge in [-0.05, 0) is 35.9 Å². The molecule has 0 radical (unpaired) electrons. The van der Waals surface area contributed by atoms with E-state index in [1.807, 2.05) is 6.07 Å². The van der Waals surface area contributed by atoms with Gasteiger partial charge in [0, 0.05) is 35.9 Å². The molecule has 0 heterocycles. The highest BCUT2D eigenvalue weighted by Gasteiger charge is 2.10. The fraction of sp³-hybridized carbons (Fsp3) is 0.190. The van der Waals surface area contributed by atoms with Crippen LogP contribution in [0.5, 0.6) is 0 Å². The van der Waals surface area contributed by atoms with Gasteiger partial charge in [-0.1, -0.05) is 30.3 Å². The maximum absolute atomic E-state index is 12.6. The van der Waals surface area contributed by atoms with Crippen LogP contribution in [0.1, 0.15) is 28.8 Å². The average Bonchev–Trinajstić information content (AvgIpc) is 2.67. The molecule has 0 bridgehead atoms. The number of anilines is 2. The number of rotatable bonds is 9. The van der Waals surface area contributed by atoms with Gasteiger partial charge in [-0.2, -0.15) is 0 Å². The molecule has 0 aliphatic rings. The third-order valence-electron chi connectivity index (χ3n) is 3.71. The van der Waals surface area contributed by atoms with Crippen LogP contribution in [0.3, 0.4) is 0 Å². The zero-order valence-corrected chi connectivity index (χ0v) is 16.6. The minimum atomic E-state index is -0.252. The highest BCUT2D eigenvalue weighted by Crippen LogP contribution is 2.18. The number of hydrogen-bond donors (Lipinski definition) is 2. The van der Waals surface area contributed by atoms with E-state index in [0.717, 1.165) is 5.56 Å². The summed E-state index contributed by atoms with van der Waals surface area (Å²) in [6, 6.07) is 13.9. The van der Waals surface area contributed by atoms with E-state index in [4.69, 9.17) is 23.2 Å². The van der Waals surface area contributed by atoms with Gasteiger partial charge in [0.2, 0.25) is 11.8 Å². The summed E-state index contributed by atoms with van der Waals surface area (Å²) >= 11 is 11.1. The topological polar surface area (TPSA) is 75.3 Å². The monoisotopic (exact) mass is 418 g/mol.